The molecule has 0 fully saturated rings. The molecule has 2 heterocycles. The maximum Gasteiger partial charge on any atom is 0.262 e. The van der Waals surface area contributed by atoms with Crippen LogP contribution in [0, 0.1) is 0 Å². The fraction of sp³-hybridized carbons (Fsp3) is 0.158. The van der Waals surface area contributed by atoms with Crippen LogP contribution in [0.15, 0.2) is 48.8 Å². The molecule has 0 saturated heterocycles. The van der Waals surface area contributed by atoms with E-state index >= 15 is 0 Å². The van der Waals surface area contributed by atoms with Gasteiger partial charge in [0.15, 0.2) is 6.61 Å². The number of hydrogen-bond donors (Lipinski definition) is 2. The summed E-state index contributed by atoms with van der Waals surface area (Å²) in [5.74, 6) is 0.223. The van der Waals surface area contributed by atoms with Crippen molar-refractivity contribution in [1.29, 1.82) is 0 Å². The number of nitrogens with one attached hydrogen (secondary N) is 2. The second-order valence-electron chi connectivity index (χ2n) is 6.30. The van der Waals surface area contributed by atoms with Crippen molar-refractivity contribution in [2.75, 3.05) is 17.2 Å². The molecule has 1 aliphatic heterocycles. The van der Waals surface area contributed by atoms with Crippen molar-refractivity contribution in [2.45, 2.75) is 12.5 Å². The smallest absolute Gasteiger partial charge is 0.262 e. The second kappa shape index (κ2) is 8.10. The average molecular weight is 432 g/mol. The third-order valence-electron chi connectivity index (χ3n) is 4.35. The van der Waals surface area contributed by atoms with Crippen LogP contribution in [0.1, 0.15) is 18.0 Å². The summed E-state index contributed by atoms with van der Waals surface area (Å²) in [5, 5.41) is 10.3. The molecular formula is C19H15Cl2N5O3. The SMILES string of the molecule is O=C(COc1ccc([C@H]2CC(=O)Nc3ncnn32)cc1Cl)Nc1ccccc1Cl. The average Bonchev–Trinajstić information content (AvgIpc) is 3.16. The molecule has 3 aromatic rings. The molecule has 1 aromatic heterocycles. The van der Waals surface area contributed by atoms with Crippen molar-refractivity contribution in [3.05, 3.63) is 64.4 Å². The van der Waals surface area contributed by atoms with Gasteiger partial charge >= 0.3 is 0 Å². The van der Waals surface area contributed by atoms with Gasteiger partial charge in [0.25, 0.3) is 5.91 Å². The maximum atomic E-state index is 12.1. The van der Waals surface area contributed by atoms with Gasteiger partial charge in [0, 0.05) is 0 Å². The summed E-state index contributed by atoms with van der Waals surface area (Å²) in [6.45, 7) is -0.233. The van der Waals surface area contributed by atoms with Crippen molar-refractivity contribution in [1.82, 2.24) is 14.8 Å². The van der Waals surface area contributed by atoms with E-state index in [2.05, 4.69) is 20.7 Å². The van der Waals surface area contributed by atoms with Gasteiger partial charge in [-0.15, -0.1) is 0 Å². The lowest BCUT2D eigenvalue weighted by Gasteiger charge is -2.24. The molecule has 8 nitrogen and oxygen atoms in total. The Morgan fingerprint density at radius 1 is 1.24 bits per heavy atom. The summed E-state index contributed by atoms with van der Waals surface area (Å²) in [6.07, 6.45) is 1.59. The first kappa shape index (κ1) is 19.2. The van der Waals surface area contributed by atoms with Crippen molar-refractivity contribution >= 4 is 46.7 Å². The zero-order chi connectivity index (χ0) is 20.4. The van der Waals surface area contributed by atoms with Crippen LogP contribution in [-0.4, -0.2) is 33.2 Å². The van der Waals surface area contributed by atoms with Crippen molar-refractivity contribution in [3.63, 3.8) is 0 Å². The molecule has 2 N–H and O–H groups in total. The summed E-state index contributed by atoms with van der Waals surface area (Å²) in [7, 11) is 0. The number of para-hydroxylation sites is 1. The van der Waals surface area contributed by atoms with Crippen LogP contribution >= 0.6 is 23.2 Å². The van der Waals surface area contributed by atoms with Crippen LogP contribution < -0.4 is 15.4 Å². The zero-order valence-electron chi connectivity index (χ0n) is 14.9. The first-order valence-electron chi connectivity index (χ1n) is 8.67. The number of halogens is 2. The number of ether oxygens (including phenoxy) is 1. The minimum absolute atomic E-state index is 0.150. The van der Waals surface area contributed by atoms with Gasteiger partial charge in [-0.2, -0.15) is 10.1 Å². The van der Waals surface area contributed by atoms with Crippen molar-refractivity contribution in [3.8, 4) is 5.75 Å². The van der Waals surface area contributed by atoms with Crippen LogP contribution in [0.3, 0.4) is 0 Å². The molecule has 29 heavy (non-hydrogen) atoms. The van der Waals surface area contributed by atoms with Gasteiger partial charge in [0.05, 0.1) is 28.2 Å². The Morgan fingerprint density at radius 3 is 2.86 bits per heavy atom. The molecule has 0 spiro atoms. The molecule has 4 rings (SSSR count). The first-order chi connectivity index (χ1) is 14.0. The monoisotopic (exact) mass is 431 g/mol. The number of hydrogen-bond acceptors (Lipinski definition) is 5. The Kier molecular flexibility index (Phi) is 5.37. The standard InChI is InChI=1S/C19H15Cl2N5O3/c20-12-3-1-2-4-14(12)24-18(28)9-29-16-6-5-11(7-13(16)21)15-8-17(27)25-19-22-10-23-26(15)19/h1-7,10,15H,8-9H2,(H,24,28)(H,22,23,25,27)/t15-/m1/s1. The summed E-state index contributed by atoms with van der Waals surface area (Å²) in [5.41, 5.74) is 1.29. The number of amides is 2. The number of nitrogens with zero attached hydrogens (tertiary/aromatic N) is 3. The van der Waals surface area contributed by atoms with Crippen molar-refractivity contribution in [2.24, 2.45) is 0 Å². The minimum Gasteiger partial charge on any atom is -0.482 e. The first-order valence-corrected chi connectivity index (χ1v) is 9.43. The topological polar surface area (TPSA) is 98.1 Å². The molecule has 0 aliphatic carbocycles. The van der Waals surface area contributed by atoms with E-state index < -0.39 is 0 Å². The molecule has 0 radical (unpaired) electrons. The molecule has 1 atom stereocenters. The predicted molar refractivity (Wildman–Crippen MR) is 108 cm³/mol. The Morgan fingerprint density at radius 2 is 2.07 bits per heavy atom. The summed E-state index contributed by atoms with van der Waals surface area (Å²) < 4.78 is 7.16. The minimum atomic E-state index is -0.366. The fourth-order valence-electron chi connectivity index (χ4n) is 3.00. The third kappa shape index (κ3) is 4.18. The van der Waals surface area contributed by atoms with Gasteiger partial charge in [-0.05, 0) is 29.8 Å². The van der Waals surface area contributed by atoms with E-state index in [0.29, 0.717) is 27.4 Å². The molecule has 10 heteroatoms. The lowest BCUT2D eigenvalue weighted by Crippen LogP contribution is -2.29. The van der Waals surface area contributed by atoms with Crippen LogP contribution in [0.4, 0.5) is 11.6 Å². The second-order valence-corrected chi connectivity index (χ2v) is 7.12. The number of carbonyl (C=O) groups is 2. The van der Waals surface area contributed by atoms with E-state index in [1.807, 2.05) is 0 Å². The molecule has 148 valence electrons. The van der Waals surface area contributed by atoms with Gasteiger partial charge in [-0.3, -0.25) is 14.9 Å². The highest BCUT2D eigenvalue weighted by atomic mass is 35.5. The van der Waals surface area contributed by atoms with Crippen LogP contribution in [0.2, 0.25) is 10.0 Å². The molecule has 2 aromatic carbocycles. The molecule has 0 unspecified atom stereocenters. The zero-order valence-corrected chi connectivity index (χ0v) is 16.4. The molecule has 1 aliphatic rings. The lowest BCUT2D eigenvalue weighted by molar-refractivity contribution is -0.118. The highest BCUT2D eigenvalue weighted by Crippen LogP contribution is 2.33. The summed E-state index contributed by atoms with van der Waals surface area (Å²) in [6, 6.07) is 11.7. The molecule has 0 saturated carbocycles. The largest absolute Gasteiger partial charge is 0.482 e. The third-order valence-corrected chi connectivity index (χ3v) is 4.97. The number of anilines is 2. The van der Waals surface area contributed by atoms with Gasteiger partial charge in [0.1, 0.15) is 12.1 Å². The molecule has 2 amide bonds. The number of fused-ring (bicyclic) bond motifs is 1. The van der Waals surface area contributed by atoms with E-state index in [1.54, 1.807) is 47.1 Å². The highest BCUT2D eigenvalue weighted by molar-refractivity contribution is 6.33. The number of benzene rings is 2. The Labute approximate surface area is 175 Å². The van der Waals surface area contributed by atoms with Crippen molar-refractivity contribution < 1.29 is 14.3 Å². The van der Waals surface area contributed by atoms with E-state index in [1.165, 1.54) is 6.33 Å². The van der Waals surface area contributed by atoms with E-state index in [0.717, 1.165) is 5.56 Å². The van der Waals surface area contributed by atoms with Crippen LogP contribution in [-0.2, 0) is 9.59 Å². The van der Waals surface area contributed by atoms with Gasteiger partial charge in [0.2, 0.25) is 11.9 Å². The quantitative estimate of drug-likeness (QED) is 0.643. The number of rotatable bonds is 5. The van der Waals surface area contributed by atoms with E-state index in [4.69, 9.17) is 27.9 Å². The maximum absolute atomic E-state index is 12.1. The highest BCUT2D eigenvalue weighted by Gasteiger charge is 2.28. The van der Waals surface area contributed by atoms with E-state index in [-0.39, 0.29) is 30.9 Å². The Balaban J connectivity index is 1.44. The van der Waals surface area contributed by atoms with E-state index in [9.17, 15) is 9.59 Å². The summed E-state index contributed by atoms with van der Waals surface area (Å²) >= 11 is 12.4. The van der Waals surface area contributed by atoms with Gasteiger partial charge < -0.3 is 10.1 Å². The Bertz CT molecular complexity index is 1090. The predicted octanol–water partition coefficient (Wildman–Crippen LogP) is 3.53. The molecule has 0 bridgehead atoms. The van der Waals surface area contributed by atoms with Crippen LogP contribution in [0.25, 0.3) is 0 Å². The number of carbonyl (C=O) groups excluding carboxylic acids is 2. The summed E-state index contributed by atoms with van der Waals surface area (Å²) in [4.78, 5) is 28.0. The van der Waals surface area contributed by atoms with Crippen LogP contribution in [0.5, 0.6) is 5.75 Å². The molecular weight excluding hydrogens is 417 g/mol. The van der Waals surface area contributed by atoms with Gasteiger partial charge in [-0.25, -0.2) is 4.68 Å². The normalized spacial score (nSPS) is 15.4. The number of aromatic nitrogens is 3. The van der Waals surface area contributed by atoms with Gasteiger partial charge in [-0.1, -0.05) is 41.4 Å². The Hall–Kier alpha value is -3.10. The fourth-order valence-corrected chi connectivity index (χ4v) is 3.42. The lowest BCUT2D eigenvalue weighted by atomic mass is 10.0.